The summed E-state index contributed by atoms with van der Waals surface area (Å²) in [5.74, 6) is 0.889. The summed E-state index contributed by atoms with van der Waals surface area (Å²) in [6.45, 7) is 3.54. The fourth-order valence-corrected chi connectivity index (χ4v) is 2.21. The van der Waals surface area contributed by atoms with E-state index in [4.69, 9.17) is 0 Å². The van der Waals surface area contributed by atoms with Gasteiger partial charge in [-0.05, 0) is 31.2 Å². The SMILES string of the molecule is CNC(C)c1ccc(N(CCO)Cc2ccccc2)nc1. The molecule has 21 heavy (non-hydrogen) atoms. The van der Waals surface area contributed by atoms with E-state index in [2.05, 4.69) is 40.3 Å². The molecular weight excluding hydrogens is 262 g/mol. The molecule has 0 radical (unpaired) electrons. The molecule has 0 aliphatic carbocycles. The number of nitrogens with one attached hydrogen (secondary N) is 1. The standard InChI is InChI=1S/C17H23N3O/c1-14(18-2)16-8-9-17(19-12-16)20(10-11-21)13-15-6-4-3-5-7-15/h3-9,12,14,18,21H,10-11,13H2,1-2H3. The molecule has 0 saturated carbocycles. The maximum atomic E-state index is 9.28. The normalized spacial score (nSPS) is 12.1. The fourth-order valence-electron chi connectivity index (χ4n) is 2.21. The quantitative estimate of drug-likeness (QED) is 0.820. The Balaban J connectivity index is 2.14. The Bertz CT molecular complexity index is 527. The Labute approximate surface area is 126 Å². The Morgan fingerprint density at radius 1 is 1.19 bits per heavy atom. The van der Waals surface area contributed by atoms with E-state index in [0.29, 0.717) is 6.54 Å². The van der Waals surface area contributed by atoms with Gasteiger partial charge in [0.15, 0.2) is 0 Å². The van der Waals surface area contributed by atoms with Crippen molar-refractivity contribution >= 4 is 5.82 Å². The van der Waals surface area contributed by atoms with Crippen molar-refractivity contribution in [3.63, 3.8) is 0 Å². The van der Waals surface area contributed by atoms with Crippen molar-refractivity contribution in [3.8, 4) is 0 Å². The number of rotatable bonds is 7. The average Bonchev–Trinajstić information content (AvgIpc) is 2.55. The van der Waals surface area contributed by atoms with Crippen LogP contribution in [-0.2, 0) is 6.54 Å². The van der Waals surface area contributed by atoms with Crippen molar-refractivity contribution in [2.75, 3.05) is 25.1 Å². The van der Waals surface area contributed by atoms with Crippen molar-refractivity contribution in [3.05, 3.63) is 59.8 Å². The lowest BCUT2D eigenvalue weighted by Gasteiger charge is -2.23. The summed E-state index contributed by atoms with van der Waals surface area (Å²) in [6.07, 6.45) is 1.89. The molecule has 1 unspecified atom stereocenters. The number of aromatic nitrogens is 1. The third-order valence-corrected chi connectivity index (χ3v) is 3.61. The first-order valence-electron chi connectivity index (χ1n) is 7.27. The zero-order valence-corrected chi connectivity index (χ0v) is 12.7. The lowest BCUT2D eigenvalue weighted by atomic mass is 10.1. The third kappa shape index (κ3) is 4.28. The molecular formula is C17H23N3O. The van der Waals surface area contributed by atoms with Crippen molar-refractivity contribution in [1.29, 1.82) is 0 Å². The molecule has 1 aromatic carbocycles. The number of anilines is 1. The van der Waals surface area contributed by atoms with E-state index in [9.17, 15) is 5.11 Å². The van der Waals surface area contributed by atoms with Gasteiger partial charge < -0.3 is 15.3 Å². The van der Waals surface area contributed by atoms with Crippen LogP contribution in [0.2, 0.25) is 0 Å². The Morgan fingerprint density at radius 3 is 2.52 bits per heavy atom. The molecule has 0 saturated heterocycles. The summed E-state index contributed by atoms with van der Waals surface area (Å²) in [6, 6.07) is 14.6. The molecule has 0 fully saturated rings. The number of hydrogen-bond donors (Lipinski definition) is 2. The van der Waals surface area contributed by atoms with Gasteiger partial charge in [0.2, 0.25) is 0 Å². The van der Waals surface area contributed by atoms with E-state index in [0.717, 1.165) is 17.9 Å². The topological polar surface area (TPSA) is 48.4 Å². The van der Waals surface area contributed by atoms with Crippen molar-refractivity contribution < 1.29 is 5.11 Å². The van der Waals surface area contributed by atoms with Crippen LogP contribution in [0.25, 0.3) is 0 Å². The first kappa shape index (κ1) is 15.5. The second-order valence-electron chi connectivity index (χ2n) is 5.09. The lowest BCUT2D eigenvalue weighted by Crippen LogP contribution is -2.27. The second-order valence-corrected chi connectivity index (χ2v) is 5.09. The minimum Gasteiger partial charge on any atom is -0.395 e. The third-order valence-electron chi connectivity index (χ3n) is 3.61. The van der Waals surface area contributed by atoms with Gasteiger partial charge in [-0.1, -0.05) is 36.4 Å². The average molecular weight is 285 g/mol. The van der Waals surface area contributed by atoms with Gasteiger partial charge in [-0.15, -0.1) is 0 Å². The van der Waals surface area contributed by atoms with Crippen LogP contribution in [0.5, 0.6) is 0 Å². The molecule has 0 amide bonds. The minimum absolute atomic E-state index is 0.114. The molecule has 1 aromatic heterocycles. The summed E-state index contributed by atoms with van der Waals surface area (Å²) in [7, 11) is 1.94. The number of aliphatic hydroxyl groups excluding tert-OH is 1. The fraction of sp³-hybridized carbons (Fsp3) is 0.353. The minimum atomic E-state index is 0.114. The zero-order valence-electron chi connectivity index (χ0n) is 12.7. The molecule has 2 rings (SSSR count). The first-order valence-corrected chi connectivity index (χ1v) is 7.27. The molecule has 0 aliphatic rings. The van der Waals surface area contributed by atoms with E-state index in [-0.39, 0.29) is 12.6 Å². The van der Waals surface area contributed by atoms with Crippen molar-refractivity contribution in [2.45, 2.75) is 19.5 Å². The molecule has 4 heteroatoms. The Morgan fingerprint density at radius 2 is 1.95 bits per heavy atom. The van der Waals surface area contributed by atoms with Crippen LogP contribution in [0.4, 0.5) is 5.82 Å². The molecule has 112 valence electrons. The van der Waals surface area contributed by atoms with E-state index in [1.165, 1.54) is 5.56 Å². The monoisotopic (exact) mass is 285 g/mol. The Hall–Kier alpha value is -1.91. The lowest BCUT2D eigenvalue weighted by molar-refractivity contribution is 0.301. The van der Waals surface area contributed by atoms with Gasteiger partial charge in [0.1, 0.15) is 5.82 Å². The van der Waals surface area contributed by atoms with Crippen LogP contribution >= 0.6 is 0 Å². The maximum Gasteiger partial charge on any atom is 0.128 e. The van der Waals surface area contributed by atoms with Crippen LogP contribution in [0.3, 0.4) is 0 Å². The van der Waals surface area contributed by atoms with E-state index in [1.807, 2.05) is 37.5 Å². The summed E-state index contributed by atoms with van der Waals surface area (Å²) in [5.41, 5.74) is 2.37. The maximum absolute atomic E-state index is 9.28. The van der Waals surface area contributed by atoms with Crippen LogP contribution in [0, 0.1) is 0 Å². The predicted octanol–water partition coefficient (Wildman–Crippen LogP) is 2.36. The molecule has 2 N–H and O–H groups in total. The summed E-state index contributed by atoms with van der Waals surface area (Å²) in [4.78, 5) is 6.62. The molecule has 0 spiro atoms. The van der Waals surface area contributed by atoms with Gasteiger partial charge in [0.25, 0.3) is 0 Å². The number of hydrogen-bond acceptors (Lipinski definition) is 4. The van der Waals surface area contributed by atoms with Gasteiger partial charge in [-0.3, -0.25) is 0 Å². The predicted molar refractivity (Wildman–Crippen MR) is 86.3 cm³/mol. The van der Waals surface area contributed by atoms with Gasteiger partial charge in [0, 0.05) is 25.3 Å². The largest absolute Gasteiger partial charge is 0.395 e. The van der Waals surface area contributed by atoms with Crippen LogP contribution < -0.4 is 10.2 Å². The number of aliphatic hydroxyl groups is 1. The second kappa shape index (κ2) is 7.76. The molecule has 0 aliphatic heterocycles. The van der Waals surface area contributed by atoms with Crippen LogP contribution in [0.15, 0.2) is 48.7 Å². The van der Waals surface area contributed by atoms with Crippen molar-refractivity contribution in [1.82, 2.24) is 10.3 Å². The molecule has 2 aromatic rings. The summed E-state index contributed by atoms with van der Waals surface area (Å²) >= 11 is 0. The van der Waals surface area contributed by atoms with Gasteiger partial charge in [0.05, 0.1) is 6.61 Å². The number of pyridine rings is 1. The number of nitrogens with zero attached hydrogens (tertiary/aromatic N) is 2. The van der Waals surface area contributed by atoms with Gasteiger partial charge in [-0.2, -0.15) is 0 Å². The summed E-state index contributed by atoms with van der Waals surface area (Å²) in [5, 5.41) is 12.5. The molecule has 0 bridgehead atoms. The van der Waals surface area contributed by atoms with E-state index >= 15 is 0 Å². The van der Waals surface area contributed by atoms with E-state index < -0.39 is 0 Å². The number of benzene rings is 1. The highest BCUT2D eigenvalue weighted by atomic mass is 16.3. The van der Waals surface area contributed by atoms with Gasteiger partial charge >= 0.3 is 0 Å². The highest BCUT2D eigenvalue weighted by molar-refractivity contribution is 5.41. The zero-order chi connectivity index (χ0) is 15.1. The van der Waals surface area contributed by atoms with E-state index in [1.54, 1.807) is 0 Å². The van der Waals surface area contributed by atoms with Crippen LogP contribution in [0.1, 0.15) is 24.1 Å². The molecule has 4 nitrogen and oxygen atoms in total. The van der Waals surface area contributed by atoms with Crippen LogP contribution in [-0.4, -0.2) is 30.3 Å². The highest BCUT2D eigenvalue weighted by Crippen LogP contribution is 2.17. The summed E-state index contributed by atoms with van der Waals surface area (Å²) < 4.78 is 0. The smallest absolute Gasteiger partial charge is 0.128 e. The highest BCUT2D eigenvalue weighted by Gasteiger charge is 2.09. The Kier molecular flexibility index (Phi) is 5.72. The molecule has 1 heterocycles. The van der Waals surface area contributed by atoms with Crippen molar-refractivity contribution in [2.24, 2.45) is 0 Å². The first-order chi connectivity index (χ1) is 10.2. The molecule has 1 atom stereocenters. The van der Waals surface area contributed by atoms with Gasteiger partial charge in [-0.25, -0.2) is 4.98 Å².